The quantitative estimate of drug-likeness (QED) is 0.796. The van der Waals surface area contributed by atoms with E-state index in [-0.39, 0.29) is 11.6 Å². The highest BCUT2D eigenvalue weighted by Crippen LogP contribution is 2.21. The Kier molecular flexibility index (Phi) is 5.95. The van der Waals surface area contributed by atoms with Gasteiger partial charge in [0, 0.05) is 39.3 Å². The van der Waals surface area contributed by atoms with Crippen molar-refractivity contribution in [2.45, 2.75) is 26.8 Å². The summed E-state index contributed by atoms with van der Waals surface area (Å²) >= 11 is 0. The summed E-state index contributed by atoms with van der Waals surface area (Å²) in [7, 11) is -3.41. The third-order valence-electron chi connectivity index (χ3n) is 5.21. The van der Waals surface area contributed by atoms with Crippen LogP contribution < -0.4 is 5.56 Å². The van der Waals surface area contributed by atoms with Gasteiger partial charge >= 0.3 is 0 Å². The highest BCUT2D eigenvalue weighted by molar-refractivity contribution is 7.86. The minimum Gasteiger partial charge on any atom is -0.309 e. The van der Waals surface area contributed by atoms with Gasteiger partial charge in [-0.05, 0) is 19.1 Å². The standard InChI is InChI=1S/C18H27N5O3S/c1-4-22(5-2)27(25,26)23-12-10-21(11-13-23)14(3)17-19-16-9-7-6-8-15(16)18(24)20-17/h6-9,14H,4-5,10-13H2,1-3H3,(H,19,20,24). The summed E-state index contributed by atoms with van der Waals surface area (Å²) in [5.41, 5.74) is 0.524. The molecule has 27 heavy (non-hydrogen) atoms. The number of hydrogen-bond acceptors (Lipinski definition) is 5. The minimum atomic E-state index is -3.41. The maximum absolute atomic E-state index is 12.7. The van der Waals surface area contributed by atoms with E-state index in [1.165, 1.54) is 4.31 Å². The third-order valence-corrected chi connectivity index (χ3v) is 7.39. The lowest BCUT2D eigenvalue weighted by atomic mass is 10.2. The Balaban J connectivity index is 1.74. The number of benzene rings is 1. The molecule has 1 unspecified atom stereocenters. The normalized spacial score (nSPS) is 18.2. The Hall–Kier alpha value is -1.81. The van der Waals surface area contributed by atoms with Crippen molar-refractivity contribution in [3.05, 3.63) is 40.4 Å². The van der Waals surface area contributed by atoms with Crippen LogP contribution in [0.2, 0.25) is 0 Å². The van der Waals surface area contributed by atoms with E-state index in [1.807, 2.05) is 39.0 Å². The van der Waals surface area contributed by atoms with E-state index in [9.17, 15) is 13.2 Å². The highest BCUT2D eigenvalue weighted by atomic mass is 32.2. The first kappa shape index (κ1) is 19.9. The van der Waals surface area contributed by atoms with E-state index in [4.69, 9.17) is 0 Å². The Labute approximate surface area is 160 Å². The fraction of sp³-hybridized carbons (Fsp3) is 0.556. The third kappa shape index (κ3) is 3.91. The summed E-state index contributed by atoms with van der Waals surface area (Å²) in [4.78, 5) is 21.9. The van der Waals surface area contributed by atoms with Crippen molar-refractivity contribution in [2.75, 3.05) is 39.3 Å². The summed E-state index contributed by atoms with van der Waals surface area (Å²) in [5, 5.41) is 0.573. The molecule has 1 aromatic heterocycles. The van der Waals surface area contributed by atoms with Gasteiger partial charge < -0.3 is 4.98 Å². The number of H-pyrrole nitrogens is 1. The fourth-order valence-electron chi connectivity index (χ4n) is 3.51. The molecule has 1 fully saturated rings. The van der Waals surface area contributed by atoms with Crippen molar-refractivity contribution in [3.8, 4) is 0 Å². The lowest BCUT2D eigenvalue weighted by molar-refractivity contribution is 0.137. The summed E-state index contributed by atoms with van der Waals surface area (Å²) in [6.45, 7) is 8.68. The van der Waals surface area contributed by atoms with Gasteiger partial charge in [0.1, 0.15) is 5.82 Å². The van der Waals surface area contributed by atoms with Gasteiger partial charge in [-0.25, -0.2) is 4.98 Å². The van der Waals surface area contributed by atoms with Gasteiger partial charge in [-0.2, -0.15) is 17.0 Å². The zero-order chi connectivity index (χ0) is 19.6. The number of rotatable bonds is 6. The van der Waals surface area contributed by atoms with Crippen molar-refractivity contribution < 1.29 is 8.42 Å². The van der Waals surface area contributed by atoms with Gasteiger partial charge in [0.15, 0.2) is 0 Å². The molecule has 1 saturated heterocycles. The highest BCUT2D eigenvalue weighted by Gasteiger charge is 2.32. The number of fused-ring (bicyclic) bond motifs is 1. The molecular formula is C18H27N5O3S. The van der Waals surface area contributed by atoms with Crippen LogP contribution in [0.25, 0.3) is 10.9 Å². The topological polar surface area (TPSA) is 89.6 Å². The monoisotopic (exact) mass is 393 g/mol. The maximum Gasteiger partial charge on any atom is 0.282 e. The fourth-order valence-corrected chi connectivity index (χ4v) is 5.11. The molecule has 1 aliphatic heterocycles. The number of hydrogen-bond donors (Lipinski definition) is 1. The number of aromatic amines is 1. The molecule has 9 heteroatoms. The average molecular weight is 394 g/mol. The molecule has 0 aliphatic carbocycles. The lowest BCUT2D eigenvalue weighted by Crippen LogP contribution is -2.53. The number of aromatic nitrogens is 2. The zero-order valence-corrected chi connectivity index (χ0v) is 16.9. The first-order chi connectivity index (χ1) is 12.9. The molecule has 0 amide bonds. The van der Waals surface area contributed by atoms with Gasteiger partial charge in [0.05, 0.1) is 16.9 Å². The number of nitrogens with zero attached hydrogens (tertiary/aromatic N) is 4. The molecule has 1 aromatic carbocycles. The molecule has 0 spiro atoms. The van der Waals surface area contributed by atoms with E-state index in [1.54, 1.807) is 10.4 Å². The zero-order valence-electron chi connectivity index (χ0n) is 16.1. The molecule has 1 aliphatic rings. The Morgan fingerprint density at radius 3 is 2.41 bits per heavy atom. The van der Waals surface area contributed by atoms with Crippen LogP contribution in [-0.2, 0) is 10.2 Å². The number of piperazine rings is 1. The second-order valence-corrected chi connectivity index (χ2v) is 8.60. The molecule has 2 heterocycles. The smallest absolute Gasteiger partial charge is 0.282 e. The van der Waals surface area contributed by atoms with Crippen LogP contribution >= 0.6 is 0 Å². The lowest BCUT2D eigenvalue weighted by Gasteiger charge is -2.38. The second kappa shape index (κ2) is 8.05. The Bertz CT molecular complexity index is 947. The van der Waals surface area contributed by atoms with Gasteiger partial charge in [-0.15, -0.1) is 0 Å². The van der Waals surface area contributed by atoms with Crippen LogP contribution in [0.1, 0.15) is 32.6 Å². The van der Waals surface area contributed by atoms with Crippen LogP contribution in [0.5, 0.6) is 0 Å². The first-order valence-electron chi connectivity index (χ1n) is 9.36. The van der Waals surface area contributed by atoms with Gasteiger partial charge in [-0.1, -0.05) is 26.0 Å². The molecule has 148 valence electrons. The van der Waals surface area contributed by atoms with E-state index >= 15 is 0 Å². The molecule has 0 bridgehead atoms. The van der Waals surface area contributed by atoms with E-state index in [0.29, 0.717) is 56.0 Å². The van der Waals surface area contributed by atoms with Crippen molar-refractivity contribution in [2.24, 2.45) is 0 Å². The Morgan fingerprint density at radius 1 is 1.15 bits per heavy atom. The number of nitrogens with one attached hydrogen (secondary N) is 1. The summed E-state index contributed by atoms with van der Waals surface area (Å²) in [6.07, 6.45) is 0. The van der Waals surface area contributed by atoms with Gasteiger partial charge in [0.2, 0.25) is 0 Å². The maximum atomic E-state index is 12.7. The molecule has 1 atom stereocenters. The summed E-state index contributed by atoms with van der Waals surface area (Å²) < 4.78 is 28.3. The predicted molar refractivity (Wildman–Crippen MR) is 106 cm³/mol. The molecule has 8 nitrogen and oxygen atoms in total. The van der Waals surface area contributed by atoms with Crippen LogP contribution in [0, 0.1) is 0 Å². The van der Waals surface area contributed by atoms with Crippen molar-refractivity contribution >= 4 is 21.1 Å². The summed E-state index contributed by atoms with van der Waals surface area (Å²) in [6, 6.07) is 7.17. The van der Waals surface area contributed by atoms with Crippen molar-refractivity contribution in [1.29, 1.82) is 0 Å². The largest absolute Gasteiger partial charge is 0.309 e. The summed E-state index contributed by atoms with van der Waals surface area (Å²) in [5.74, 6) is 0.610. The SMILES string of the molecule is CCN(CC)S(=O)(=O)N1CCN(C(C)c2nc3ccccc3c(=O)[nH]2)CC1. The van der Waals surface area contributed by atoms with Crippen LogP contribution in [0.4, 0.5) is 0 Å². The van der Waals surface area contributed by atoms with Gasteiger partial charge in [0.25, 0.3) is 15.8 Å². The number of para-hydroxylation sites is 1. The van der Waals surface area contributed by atoms with Gasteiger partial charge in [-0.3, -0.25) is 9.69 Å². The average Bonchev–Trinajstić information content (AvgIpc) is 2.68. The minimum absolute atomic E-state index is 0.0967. The molecule has 3 rings (SSSR count). The van der Waals surface area contributed by atoms with E-state index in [2.05, 4.69) is 14.9 Å². The molecule has 0 radical (unpaired) electrons. The van der Waals surface area contributed by atoms with Crippen LogP contribution in [0.3, 0.4) is 0 Å². The van der Waals surface area contributed by atoms with E-state index in [0.717, 1.165) is 0 Å². The van der Waals surface area contributed by atoms with Crippen LogP contribution in [-0.4, -0.2) is 71.2 Å². The van der Waals surface area contributed by atoms with Crippen molar-refractivity contribution in [1.82, 2.24) is 23.5 Å². The molecule has 2 aromatic rings. The van der Waals surface area contributed by atoms with Crippen molar-refractivity contribution in [3.63, 3.8) is 0 Å². The molecule has 1 N–H and O–H groups in total. The predicted octanol–water partition coefficient (Wildman–Crippen LogP) is 1.19. The molecular weight excluding hydrogens is 366 g/mol. The Morgan fingerprint density at radius 2 is 1.78 bits per heavy atom. The first-order valence-corrected chi connectivity index (χ1v) is 10.8. The molecule has 0 saturated carbocycles. The van der Waals surface area contributed by atoms with Crippen LogP contribution in [0.15, 0.2) is 29.1 Å². The van der Waals surface area contributed by atoms with E-state index < -0.39 is 10.2 Å². The second-order valence-electron chi connectivity index (χ2n) is 6.67.